The molecule has 0 heterocycles. The fourth-order valence-corrected chi connectivity index (χ4v) is 2.68. The second kappa shape index (κ2) is 7.66. The Hall–Kier alpha value is -1.51. The molecule has 2 nitrogen and oxygen atoms in total. The maximum atomic E-state index is 6.18. The monoisotopic (exact) mass is 317 g/mol. The number of hydrogen-bond acceptors (Lipinski definition) is 2. The number of benzene rings is 2. The highest BCUT2D eigenvalue weighted by Crippen LogP contribution is 2.26. The predicted octanol–water partition coefficient (Wildman–Crippen LogP) is 4.78. The summed E-state index contributed by atoms with van der Waals surface area (Å²) >= 11 is 6.18. The van der Waals surface area contributed by atoms with Crippen molar-refractivity contribution in [3.8, 4) is 5.75 Å². The first-order valence-corrected chi connectivity index (χ1v) is 8.05. The molecule has 118 valence electrons. The molecule has 0 saturated carbocycles. The maximum absolute atomic E-state index is 6.18. The lowest BCUT2D eigenvalue weighted by atomic mass is 9.95. The third-order valence-corrected chi connectivity index (χ3v) is 4.57. The predicted molar refractivity (Wildman–Crippen MR) is 94.0 cm³/mol. The summed E-state index contributed by atoms with van der Waals surface area (Å²) in [6, 6.07) is 12.5. The van der Waals surface area contributed by atoms with Crippen molar-refractivity contribution in [3.05, 3.63) is 63.7 Å². The standard InChI is InChI=1S/C19H24ClNO/c1-13-4-6-16(7-5-13)17(12-21)8-9-22-18-10-14(2)19(20)15(3)11-18/h4-7,10-11,17H,8-9,12,21H2,1-3H3. The second-order valence-electron chi connectivity index (χ2n) is 5.85. The fourth-order valence-electron chi connectivity index (χ4n) is 2.57. The molecule has 0 radical (unpaired) electrons. The normalized spacial score (nSPS) is 12.2. The average Bonchev–Trinajstić information content (AvgIpc) is 2.50. The summed E-state index contributed by atoms with van der Waals surface area (Å²) in [5.41, 5.74) is 10.6. The third-order valence-electron chi connectivity index (χ3n) is 3.98. The molecule has 0 fully saturated rings. The minimum Gasteiger partial charge on any atom is -0.494 e. The highest BCUT2D eigenvalue weighted by atomic mass is 35.5. The van der Waals surface area contributed by atoms with Gasteiger partial charge in [0.1, 0.15) is 5.75 Å². The van der Waals surface area contributed by atoms with Gasteiger partial charge >= 0.3 is 0 Å². The molecule has 3 heteroatoms. The van der Waals surface area contributed by atoms with Crippen molar-refractivity contribution in [2.45, 2.75) is 33.1 Å². The van der Waals surface area contributed by atoms with Crippen LogP contribution in [0.15, 0.2) is 36.4 Å². The van der Waals surface area contributed by atoms with E-state index >= 15 is 0 Å². The number of rotatable bonds is 6. The largest absolute Gasteiger partial charge is 0.494 e. The highest BCUT2D eigenvalue weighted by Gasteiger charge is 2.10. The number of nitrogens with two attached hydrogens (primary N) is 1. The molecular formula is C19H24ClNO. The summed E-state index contributed by atoms with van der Waals surface area (Å²) in [6.07, 6.45) is 0.903. The van der Waals surface area contributed by atoms with Crippen molar-refractivity contribution in [2.24, 2.45) is 5.73 Å². The average molecular weight is 318 g/mol. The van der Waals surface area contributed by atoms with Crippen LogP contribution in [0.25, 0.3) is 0 Å². The Bertz CT molecular complexity index is 599. The molecule has 2 N–H and O–H groups in total. The van der Waals surface area contributed by atoms with Crippen molar-refractivity contribution in [2.75, 3.05) is 13.2 Å². The zero-order valence-electron chi connectivity index (χ0n) is 13.5. The Kier molecular flexibility index (Phi) is 5.87. The van der Waals surface area contributed by atoms with Crippen molar-refractivity contribution in [3.63, 3.8) is 0 Å². The van der Waals surface area contributed by atoms with Crippen LogP contribution in [0, 0.1) is 20.8 Å². The molecule has 0 aliphatic rings. The Labute approximate surface area is 138 Å². The molecule has 0 saturated heterocycles. The van der Waals surface area contributed by atoms with Gasteiger partial charge in [-0.25, -0.2) is 0 Å². The minimum absolute atomic E-state index is 0.329. The van der Waals surface area contributed by atoms with E-state index in [1.165, 1.54) is 11.1 Å². The lowest BCUT2D eigenvalue weighted by Gasteiger charge is -2.16. The van der Waals surface area contributed by atoms with Gasteiger partial charge in [0.2, 0.25) is 0 Å². The van der Waals surface area contributed by atoms with Crippen LogP contribution in [0.1, 0.15) is 34.6 Å². The topological polar surface area (TPSA) is 35.2 Å². The van der Waals surface area contributed by atoms with E-state index in [2.05, 4.69) is 31.2 Å². The molecule has 0 bridgehead atoms. The zero-order valence-corrected chi connectivity index (χ0v) is 14.3. The van der Waals surface area contributed by atoms with Gasteiger partial charge in [0, 0.05) is 5.02 Å². The van der Waals surface area contributed by atoms with Crippen molar-refractivity contribution in [1.29, 1.82) is 0 Å². The van der Waals surface area contributed by atoms with Crippen LogP contribution in [0.2, 0.25) is 5.02 Å². The quantitative estimate of drug-likeness (QED) is 0.832. The molecule has 0 aliphatic heterocycles. The number of ether oxygens (including phenoxy) is 1. The minimum atomic E-state index is 0.329. The van der Waals surface area contributed by atoms with Crippen LogP contribution in [-0.2, 0) is 0 Å². The van der Waals surface area contributed by atoms with Crippen LogP contribution in [0.3, 0.4) is 0 Å². The van der Waals surface area contributed by atoms with Crippen LogP contribution in [-0.4, -0.2) is 13.2 Å². The maximum Gasteiger partial charge on any atom is 0.119 e. The molecule has 2 aromatic carbocycles. The van der Waals surface area contributed by atoms with Gasteiger partial charge in [0.15, 0.2) is 0 Å². The van der Waals surface area contributed by atoms with Crippen molar-refractivity contribution in [1.82, 2.24) is 0 Å². The van der Waals surface area contributed by atoms with Gasteiger partial charge in [-0.05, 0) is 68.5 Å². The fraction of sp³-hybridized carbons (Fsp3) is 0.368. The van der Waals surface area contributed by atoms with E-state index in [1.54, 1.807) is 0 Å². The molecule has 0 spiro atoms. The summed E-state index contributed by atoms with van der Waals surface area (Å²) in [5, 5.41) is 0.812. The zero-order chi connectivity index (χ0) is 16.1. The lowest BCUT2D eigenvalue weighted by Crippen LogP contribution is -2.15. The molecule has 0 aromatic heterocycles. The first kappa shape index (κ1) is 16.9. The lowest BCUT2D eigenvalue weighted by molar-refractivity contribution is 0.298. The van der Waals surface area contributed by atoms with E-state index in [1.807, 2.05) is 26.0 Å². The van der Waals surface area contributed by atoms with Gasteiger partial charge in [-0.2, -0.15) is 0 Å². The van der Waals surface area contributed by atoms with Crippen LogP contribution >= 0.6 is 11.6 Å². The van der Waals surface area contributed by atoms with Crippen LogP contribution in [0.5, 0.6) is 5.75 Å². The first-order chi connectivity index (χ1) is 10.5. The number of hydrogen-bond donors (Lipinski definition) is 1. The smallest absolute Gasteiger partial charge is 0.119 e. The van der Waals surface area contributed by atoms with Gasteiger partial charge in [0.25, 0.3) is 0 Å². The third kappa shape index (κ3) is 4.25. The van der Waals surface area contributed by atoms with E-state index < -0.39 is 0 Å². The molecule has 1 unspecified atom stereocenters. The molecule has 0 aliphatic carbocycles. The van der Waals surface area contributed by atoms with Gasteiger partial charge in [0.05, 0.1) is 6.61 Å². The van der Waals surface area contributed by atoms with Crippen LogP contribution in [0.4, 0.5) is 0 Å². The molecule has 2 rings (SSSR count). The Morgan fingerprint density at radius 1 is 1.05 bits per heavy atom. The molecule has 1 atom stereocenters. The summed E-state index contributed by atoms with van der Waals surface area (Å²) in [7, 11) is 0. The second-order valence-corrected chi connectivity index (χ2v) is 6.23. The SMILES string of the molecule is Cc1ccc(C(CN)CCOc2cc(C)c(Cl)c(C)c2)cc1. The van der Waals surface area contributed by atoms with Gasteiger partial charge in [-0.3, -0.25) is 0 Å². The molecular weight excluding hydrogens is 294 g/mol. The molecule has 22 heavy (non-hydrogen) atoms. The van der Waals surface area contributed by atoms with Crippen LogP contribution < -0.4 is 10.5 Å². The van der Waals surface area contributed by atoms with Crippen molar-refractivity contribution < 1.29 is 4.74 Å². The number of aryl methyl sites for hydroxylation is 3. The Morgan fingerprint density at radius 2 is 1.64 bits per heavy atom. The van der Waals surface area contributed by atoms with E-state index in [0.29, 0.717) is 19.1 Å². The highest BCUT2D eigenvalue weighted by molar-refractivity contribution is 6.32. The Balaban J connectivity index is 1.95. The Morgan fingerprint density at radius 3 is 2.18 bits per heavy atom. The summed E-state index contributed by atoms with van der Waals surface area (Å²) in [4.78, 5) is 0. The molecule has 2 aromatic rings. The van der Waals surface area contributed by atoms with E-state index in [-0.39, 0.29) is 0 Å². The van der Waals surface area contributed by atoms with Gasteiger partial charge in [-0.15, -0.1) is 0 Å². The summed E-state index contributed by atoms with van der Waals surface area (Å²) < 4.78 is 5.89. The van der Waals surface area contributed by atoms with Gasteiger partial charge in [-0.1, -0.05) is 41.4 Å². The first-order valence-electron chi connectivity index (χ1n) is 7.67. The summed E-state index contributed by atoms with van der Waals surface area (Å²) in [5.74, 6) is 1.20. The summed E-state index contributed by atoms with van der Waals surface area (Å²) in [6.45, 7) is 7.37. The van der Waals surface area contributed by atoms with E-state index in [0.717, 1.165) is 28.3 Å². The van der Waals surface area contributed by atoms with Crippen molar-refractivity contribution >= 4 is 11.6 Å². The van der Waals surface area contributed by atoms with E-state index in [9.17, 15) is 0 Å². The van der Waals surface area contributed by atoms with E-state index in [4.69, 9.17) is 22.1 Å². The number of halogens is 1. The van der Waals surface area contributed by atoms with Gasteiger partial charge < -0.3 is 10.5 Å². The molecule has 0 amide bonds.